The number of ether oxygens (including phenoxy) is 2. The van der Waals surface area contributed by atoms with Crippen molar-refractivity contribution in [1.82, 2.24) is 30.2 Å². The molecule has 0 bridgehead atoms. The molecule has 5 aromatic rings. The summed E-state index contributed by atoms with van der Waals surface area (Å²) < 4.78 is 12.5. The van der Waals surface area contributed by atoms with Gasteiger partial charge in [-0.2, -0.15) is 0 Å². The Balaban J connectivity index is 1.05. The number of para-hydroxylation sites is 1. The Labute approximate surface area is 312 Å². The molecule has 6 rings (SSSR count). The van der Waals surface area contributed by atoms with Crippen molar-refractivity contribution in [2.75, 3.05) is 18.4 Å². The summed E-state index contributed by atoms with van der Waals surface area (Å²) >= 11 is 0. The van der Waals surface area contributed by atoms with E-state index in [0.29, 0.717) is 18.0 Å². The van der Waals surface area contributed by atoms with Gasteiger partial charge in [0.25, 0.3) is 0 Å². The number of hydrogen-bond donors (Lipinski definition) is 3. The zero-order chi connectivity index (χ0) is 37.5. The summed E-state index contributed by atoms with van der Waals surface area (Å²) in [4.78, 5) is 36.4. The third-order valence-corrected chi connectivity index (χ3v) is 10.0. The molecule has 3 aromatic heterocycles. The van der Waals surface area contributed by atoms with Gasteiger partial charge in [-0.25, -0.2) is 0 Å². The van der Waals surface area contributed by atoms with Crippen molar-refractivity contribution in [1.29, 1.82) is 0 Å². The molecule has 1 aliphatic rings. The van der Waals surface area contributed by atoms with Crippen LogP contribution in [0.1, 0.15) is 88.1 Å². The maximum absolute atomic E-state index is 12.9. The van der Waals surface area contributed by atoms with E-state index in [1.807, 2.05) is 59.7 Å². The molecule has 0 fully saturated rings. The van der Waals surface area contributed by atoms with Crippen molar-refractivity contribution in [3.63, 3.8) is 0 Å². The zero-order valence-electron chi connectivity index (χ0n) is 31.8. The van der Waals surface area contributed by atoms with E-state index < -0.39 is 12.0 Å². The molecule has 1 unspecified atom stereocenters. The number of pyridine rings is 1. The Morgan fingerprint density at radius 3 is 2.08 bits per heavy atom. The van der Waals surface area contributed by atoms with Crippen LogP contribution in [0.4, 0.5) is 5.69 Å². The number of aromatic nitrogens is 5. The molecule has 278 valence electrons. The lowest BCUT2D eigenvalue weighted by Gasteiger charge is -2.21. The van der Waals surface area contributed by atoms with E-state index in [4.69, 9.17) is 14.5 Å². The summed E-state index contributed by atoms with van der Waals surface area (Å²) in [6, 6.07) is 13.8. The molecule has 53 heavy (non-hydrogen) atoms. The number of nitrogens with one attached hydrogen (secondary N) is 2. The minimum atomic E-state index is -1.22. The average Bonchev–Trinajstić information content (AvgIpc) is 3.14. The minimum Gasteiger partial charge on any atom is -0.483 e. The molecule has 1 aliphatic carbocycles. The summed E-state index contributed by atoms with van der Waals surface area (Å²) in [5.41, 5.74) is 12.1. The van der Waals surface area contributed by atoms with Gasteiger partial charge in [0.1, 0.15) is 19.3 Å². The summed E-state index contributed by atoms with van der Waals surface area (Å²) in [6.07, 6.45) is 5.01. The number of fused-ring (bicyclic) bond motifs is 2. The number of amides is 1. The third-order valence-electron chi connectivity index (χ3n) is 10.0. The highest BCUT2D eigenvalue weighted by molar-refractivity contribution is 5.93. The first kappa shape index (κ1) is 37.6. The van der Waals surface area contributed by atoms with Crippen molar-refractivity contribution in [2.24, 2.45) is 0 Å². The zero-order valence-corrected chi connectivity index (χ0v) is 31.8. The quantitative estimate of drug-likeness (QED) is 0.101. The second-order valence-corrected chi connectivity index (χ2v) is 14.0. The number of unbranched alkanes of at least 4 members (excludes halogenated alkanes) is 1. The Hall–Kier alpha value is -5.16. The second kappa shape index (κ2) is 17.1. The molecule has 1 amide bonds. The van der Waals surface area contributed by atoms with E-state index in [-0.39, 0.29) is 19.6 Å². The number of rotatable bonds is 15. The van der Waals surface area contributed by atoms with E-state index in [1.54, 1.807) is 6.07 Å². The van der Waals surface area contributed by atoms with Crippen LogP contribution >= 0.6 is 0 Å². The summed E-state index contributed by atoms with van der Waals surface area (Å²) in [7, 11) is 0. The minimum absolute atomic E-state index is 0.120. The summed E-state index contributed by atoms with van der Waals surface area (Å²) in [6.45, 7) is 13.2. The highest BCUT2D eigenvalue weighted by Crippen LogP contribution is 2.34. The van der Waals surface area contributed by atoms with Crippen LogP contribution in [-0.4, -0.2) is 55.1 Å². The van der Waals surface area contributed by atoms with Crippen LogP contribution in [0.15, 0.2) is 42.5 Å². The topological polar surface area (TPSA) is 144 Å². The first-order valence-electron chi connectivity index (χ1n) is 18.7. The van der Waals surface area contributed by atoms with Gasteiger partial charge in [-0.15, -0.1) is 0 Å². The number of aryl methyl sites for hydroxylation is 7. The molecular formula is C42H51N7O4. The average molecular weight is 718 g/mol. The Morgan fingerprint density at radius 2 is 1.36 bits per heavy atom. The number of carbonyl (C=O) groups is 1. The highest BCUT2D eigenvalue weighted by atomic mass is 16.5. The largest absolute Gasteiger partial charge is 0.483 e. The van der Waals surface area contributed by atoms with Gasteiger partial charge in [0.2, 0.25) is 5.91 Å². The van der Waals surface area contributed by atoms with Gasteiger partial charge in [-0.05, 0) is 109 Å². The molecule has 3 heterocycles. The molecule has 1 atom stereocenters. The molecule has 0 aliphatic heterocycles. The van der Waals surface area contributed by atoms with Gasteiger partial charge in [-0.1, -0.05) is 24.3 Å². The third kappa shape index (κ3) is 9.26. The number of benzene rings is 2. The molecular weight excluding hydrogens is 667 g/mol. The number of hydrogen-bond acceptors (Lipinski definition) is 10. The van der Waals surface area contributed by atoms with Crippen molar-refractivity contribution in [3.05, 3.63) is 105 Å². The van der Waals surface area contributed by atoms with Crippen LogP contribution in [0.5, 0.6) is 11.5 Å². The van der Waals surface area contributed by atoms with Crippen LogP contribution in [0, 0.1) is 41.5 Å². The standard InChI is InChI=1S/C42H51N7O4/c1-25-27(3)47-36(29(5)45-25)23-52-39-18-17-31(22-40(39)53-24-37-30(6)46-26(2)28(4)48-37)21-38(50)42(51)44-20-12-11-19-43-41-32-13-7-9-15-34(32)49-35-16-10-8-14-33(35)41/h7,9,13,15,17-18,22,38,50H,8,10-12,14,16,19-21,23-24H2,1-6H3,(H,43,49)(H,44,51). The number of aliphatic hydroxyl groups is 1. The molecule has 0 radical (unpaired) electrons. The van der Waals surface area contributed by atoms with E-state index >= 15 is 0 Å². The predicted molar refractivity (Wildman–Crippen MR) is 206 cm³/mol. The molecule has 3 N–H and O–H groups in total. The van der Waals surface area contributed by atoms with E-state index in [9.17, 15) is 9.90 Å². The first-order chi connectivity index (χ1) is 25.6. The van der Waals surface area contributed by atoms with Crippen molar-refractivity contribution in [3.8, 4) is 11.5 Å². The van der Waals surface area contributed by atoms with Crippen molar-refractivity contribution >= 4 is 22.5 Å². The van der Waals surface area contributed by atoms with E-state index in [0.717, 1.165) is 94.2 Å². The maximum atomic E-state index is 12.9. The number of nitrogens with zero attached hydrogens (tertiary/aromatic N) is 5. The SMILES string of the molecule is Cc1nc(C)c(COc2ccc(CC(O)C(=O)NCCCCNc3c4c(nc5ccccc35)CCCC4)cc2OCc2nc(C)c(C)nc2C)nc1C. The van der Waals surface area contributed by atoms with Crippen LogP contribution in [0.25, 0.3) is 10.9 Å². The van der Waals surface area contributed by atoms with Gasteiger partial charge >= 0.3 is 0 Å². The molecule has 2 aromatic carbocycles. The number of aliphatic hydroxyl groups excluding tert-OH is 1. The van der Waals surface area contributed by atoms with Crippen LogP contribution in [0.3, 0.4) is 0 Å². The highest BCUT2D eigenvalue weighted by Gasteiger charge is 2.20. The van der Waals surface area contributed by atoms with Crippen LogP contribution in [-0.2, 0) is 37.3 Å². The summed E-state index contributed by atoms with van der Waals surface area (Å²) in [5, 5.41) is 18.7. The molecule has 11 nitrogen and oxygen atoms in total. The molecule has 0 saturated heterocycles. The molecule has 0 saturated carbocycles. The van der Waals surface area contributed by atoms with Crippen LogP contribution < -0.4 is 20.1 Å². The predicted octanol–water partition coefficient (Wildman–Crippen LogP) is 6.61. The van der Waals surface area contributed by atoms with Gasteiger partial charge in [-0.3, -0.25) is 29.7 Å². The smallest absolute Gasteiger partial charge is 0.249 e. The lowest BCUT2D eigenvalue weighted by atomic mass is 9.92. The Bertz CT molecular complexity index is 2100. The Kier molecular flexibility index (Phi) is 12.1. The maximum Gasteiger partial charge on any atom is 0.249 e. The monoisotopic (exact) mass is 717 g/mol. The van der Waals surface area contributed by atoms with Crippen LogP contribution in [0.2, 0.25) is 0 Å². The van der Waals surface area contributed by atoms with Gasteiger partial charge in [0.15, 0.2) is 11.5 Å². The molecule has 0 spiro atoms. The molecule has 11 heteroatoms. The summed E-state index contributed by atoms with van der Waals surface area (Å²) in [5.74, 6) is 0.579. The van der Waals surface area contributed by atoms with E-state index in [1.165, 1.54) is 29.8 Å². The van der Waals surface area contributed by atoms with E-state index in [2.05, 4.69) is 48.8 Å². The van der Waals surface area contributed by atoms with Crippen molar-refractivity contribution in [2.45, 2.75) is 106 Å². The van der Waals surface area contributed by atoms with Crippen molar-refractivity contribution < 1.29 is 19.4 Å². The lowest BCUT2D eigenvalue weighted by Crippen LogP contribution is -2.36. The fourth-order valence-corrected chi connectivity index (χ4v) is 6.68. The fourth-order valence-electron chi connectivity index (χ4n) is 6.68. The lowest BCUT2D eigenvalue weighted by molar-refractivity contribution is -0.129. The first-order valence-corrected chi connectivity index (χ1v) is 18.7. The van der Waals surface area contributed by atoms with Gasteiger partial charge in [0.05, 0.1) is 51.1 Å². The normalized spacial score (nSPS) is 13.0. The van der Waals surface area contributed by atoms with Gasteiger partial charge < -0.3 is 25.2 Å². The fraction of sp³-hybridized carbons (Fsp3) is 0.429. The second-order valence-electron chi connectivity index (χ2n) is 14.0. The number of anilines is 1. The number of carbonyl (C=O) groups excluding carboxylic acids is 1. The van der Waals surface area contributed by atoms with Gasteiger partial charge in [0, 0.05) is 36.3 Å². The Morgan fingerprint density at radius 1 is 0.736 bits per heavy atom.